The van der Waals surface area contributed by atoms with Gasteiger partial charge in [0, 0.05) is 24.5 Å². The molecule has 0 aliphatic rings. The number of nitrogens with zero attached hydrogens (tertiary/aromatic N) is 3. The first-order valence-electron chi connectivity index (χ1n) is 6.98. The number of anilines is 3. The summed E-state index contributed by atoms with van der Waals surface area (Å²) in [5, 5.41) is 6.04. The van der Waals surface area contributed by atoms with Gasteiger partial charge in [-0.1, -0.05) is 0 Å². The molecule has 0 aliphatic heterocycles. The van der Waals surface area contributed by atoms with Crippen LogP contribution >= 0.6 is 0 Å². The maximum absolute atomic E-state index is 13.2. The molecular formula is C15H19F2N5. The van der Waals surface area contributed by atoms with Gasteiger partial charge in [-0.15, -0.1) is 0 Å². The van der Waals surface area contributed by atoms with Crippen LogP contribution in [-0.4, -0.2) is 42.1 Å². The van der Waals surface area contributed by atoms with Crippen LogP contribution in [0.2, 0.25) is 0 Å². The second-order valence-electron chi connectivity index (χ2n) is 5.10. The number of hydrogen-bond acceptors (Lipinski definition) is 5. The van der Waals surface area contributed by atoms with Gasteiger partial charge in [-0.3, -0.25) is 0 Å². The summed E-state index contributed by atoms with van der Waals surface area (Å²) >= 11 is 0. The number of halogens is 2. The molecule has 2 N–H and O–H groups in total. The zero-order valence-corrected chi connectivity index (χ0v) is 12.6. The molecule has 22 heavy (non-hydrogen) atoms. The maximum atomic E-state index is 13.2. The van der Waals surface area contributed by atoms with Crippen molar-refractivity contribution in [2.24, 2.45) is 0 Å². The smallest absolute Gasteiger partial charge is 0.224 e. The van der Waals surface area contributed by atoms with Crippen LogP contribution in [0, 0.1) is 11.6 Å². The second-order valence-corrected chi connectivity index (χ2v) is 5.10. The molecule has 1 heterocycles. The average molecular weight is 307 g/mol. The minimum atomic E-state index is -0.902. The molecule has 0 saturated carbocycles. The third kappa shape index (κ3) is 4.92. The summed E-state index contributed by atoms with van der Waals surface area (Å²) in [5.74, 6) is -0.778. The van der Waals surface area contributed by atoms with Crippen LogP contribution < -0.4 is 10.6 Å². The van der Waals surface area contributed by atoms with E-state index in [4.69, 9.17) is 0 Å². The van der Waals surface area contributed by atoms with Crippen molar-refractivity contribution in [1.29, 1.82) is 0 Å². The lowest BCUT2D eigenvalue weighted by molar-refractivity contribution is 0.405. The molecule has 5 nitrogen and oxygen atoms in total. The summed E-state index contributed by atoms with van der Waals surface area (Å²) in [6.45, 7) is 1.73. The largest absolute Gasteiger partial charge is 0.354 e. The van der Waals surface area contributed by atoms with Crippen molar-refractivity contribution in [3.05, 3.63) is 42.1 Å². The molecule has 0 aliphatic carbocycles. The van der Waals surface area contributed by atoms with Gasteiger partial charge in [-0.2, -0.15) is 4.98 Å². The summed E-state index contributed by atoms with van der Waals surface area (Å²) in [6.07, 6.45) is 2.57. The Morgan fingerprint density at radius 1 is 1.14 bits per heavy atom. The minimum Gasteiger partial charge on any atom is -0.354 e. The predicted molar refractivity (Wildman–Crippen MR) is 83.3 cm³/mol. The van der Waals surface area contributed by atoms with E-state index in [1.807, 2.05) is 14.1 Å². The fourth-order valence-corrected chi connectivity index (χ4v) is 1.83. The Morgan fingerprint density at radius 2 is 1.95 bits per heavy atom. The third-order valence-electron chi connectivity index (χ3n) is 2.91. The molecule has 0 bridgehead atoms. The van der Waals surface area contributed by atoms with Gasteiger partial charge in [0.05, 0.1) is 0 Å². The first kappa shape index (κ1) is 16.1. The summed E-state index contributed by atoms with van der Waals surface area (Å²) < 4.78 is 26.1. The van der Waals surface area contributed by atoms with Gasteiger partial charge >= 0.3 is 0 Å². The van der Waals surface area contributed by atoms with Crippen molar-refractivity contribution in [2.45, 2.75) is 6.42 Å². The molecule has 0 atom stereocenters. The van der Waals surface area contributed by atoms with E-state index >= 15 is 0 Å². The van der Waals surface area contributed by atoms with E-state index in [9.17, 15) is 8.78 Å². The van der Waals surface area contributed by atoms with E-state index in [1.54, 1.807) is 12.3 Å². The number of hydrogen-bond donors (Lipinski definition) is 2. The number of rotatable bonds is 7. The fourth-order valence-electron chi connectivity index (χ4n) is 1.83. The number of nitrogens with one attached hydrogen (secondary N) is 2. The van der Waals surface area contributed by atoms with E-state index in [0.29, 0.717) is 17.5 Å². The van der Waals surface area contributed by atoms with Crippen LogP contribution in [0.25, 0.3) is 0 Å². The Balaban J connectivity index is 1.94. The van der Waals surface area contributed by atoms with Crippen LogP contribution in [0.4, 0.5) is 26.2 Å². The fraction of sp³-hybridized carbons (Fsp3) is 0.333. The lowest BCUT2D eigenvalue weighted by Gasteiger charge is -2.11. The van der Waals surface area contributed by atoms with Crippen molar-refractivity contribution in [2.75, 3.05) is 37.8 Å². The molecule has 0 amide bonds. The molecule has 1 aromatic carbocycles. The first-order valence-corrected chi connectivity index (χ1v) is 6.98. The summed E-state index contributed by atoms with van der Waals surface area (Å²) in [7, 11) is 4.03. The minimum absolute atomic E-state index is 0.427. The zero-order valence-electron chi connectivity index (χ0n) is 12.6. The van der Waals surface area contributed by atoms with E-state index in [0.717, 1.165) is 31.6 Å². The molecule has 0 radical (unpaired) electrons. The van der Waals surface area contributed by atoms with Crippen molar-refractivity contribution >= 4 is 17.5 Å². The van der Waals surface area contributed by atoms with Crippen molar-refractivity contribution in [1.82, 2.24) is 14.9 Å². The molecule has 2 aromatic rings. The summed E-state index contributed by atoms with van der Waals surface area (Å²) in [5.41, 5.74) is 0.427. The van der Waals surface area contributed by atoms with E-state index in [2.05, 4.69) is 25.5 Å². The van der Waals surface area contributed by atoms with Gasteiger partial charge in [0.25, 0.3) is 0 Å². The topological polar surface area (TPSA) is 53.1 Å². The predicted octanol–water partition coefficient (Wildman–Crippen LogP) is 2.86. The molecular weight excluding hydrogens is 288 g/mol. The Hall–Kier alpha value is -2.28. The molecule has 0 spiro atoms. The van der Waals surface area contributed by atoms with Gasteiger partial charge in [0.1, 0.15) is 5.82 Å². The van der Waals surface area contributed by atoms with E-state index in [1.165, 1.54) is 6.07 Å². The average Bonchev–Trinajstić information content (AvgIpc) is 2.48. The third-order valence-corrected chi connectivity index (χ3v) is 2.91. The van der Waals surface area contributed by atoms with Gasteiger partial charge < -0.3 is 15.5 Å². The highest BCUT2D eigenvalue weighted by molar-refractivity contribution is 5.56. The summed E-state index contributed by atoms with van der Waals surface area (Å²) in [4.78, 5) is 10.5. The SMILES string of the molecule is CN(C)CCCNc1nccc(Nc2ccc(F)c(F)c2)n1. The van der Waals surface area contributed by atoms with E-state index in [-0.39, 0.29) is 0 Å². The first-order chi connectivity index (χ1) is 10.5. The monoisotopic (exact) mass is 307 g/mol. The molecule has 0 fully saturated rings. The lowest BCUT2D eigenvalue weighted by Crippen LogP contribution is -2.17. The van der Waals surface area contributed by atoms with Crippen LogP contribution in [0.3, 0.4) is 0 Å². The van der Waals surface area contributed by atoms with Crippen LogP contribution in [0.15, 0.2) is 30.5 Å². The highest BCUT2D eigenvalue weighted by Crippen LogP contribution is 2.17. The lowest BCUT2D eigenvalue weighted by atomic mass is 10.3. The van der Waals surface area contributed by atoms with Gasteiger partial charge in [-0.05, 0) is 45.3 Å². The highest BCUT2D eigenvalue weighted by atomic mass is 19.2. The van der Waals surface area contributed by atoms with Gasteiger partial charge in [0.2, 0.25) is 5.95 Å². The number of aromatic nitrogens is 2. The standard InChI is InChI=1S/C15H19F2N5/c1-22(2)9-3-7-18-15-19-8-6-14(21-15)20-11-4-5-12(16)13(17)10-11/h4-6,8,10H,3,7,9H2,1-2H3,(H2,18,19,20,21). The van der Waals surface area contributed by atoms with Crippen molar-refractivity contribution < 1.29 is 8.78 Å². The van der Waals surface area contributed by atoms with Gasteiger partial charge in [-0.25, -0.2) is 13.8 Å². The Morgan fingerprint density at radius 3 is 2.68 bits per heavy atom. The Labute approximate surface area is 128 Å². The number of benzene rings is 1. The molecule has 1 aromatic heterocycles. The molecule has 0 unspecified atom stereocenters. The molecule has 118 valence electrons. The Bertz CT molecular complexity index is 619. The summed E-state index contributed by atoms with van der Waals surface area (Å²) in [6, 6.07) is 5.26. The molecule has 0 saturated heterocycles. The quantitative estimate of drug-likeness (QED) is 0.770. The van der Waals surface area contributed by atoms with Crippen molar-refractivity contribution in [3.63, 3.8) is 0 Å². The van der Waals surface area contributed by atoms with Crippen LogP contribution in [0.1, 0.15) is 6.42 Å². The molecule has 7 heteroatoms. The normalized spacial score (nSPS) is 10.8. The van der Waals surface area contributed by atoms with Crippen LogP contribution in [0.5, 0.6) is 0 Å². The van der Waals surface area contributed by atoms with Gasteiger partial charge in [0.15, 0.2) is 11.6 Å². The highest BCUT2D eigenvalue weighted by Gasteiger charge is 2.04. The maximum Gasteiger partial charge on any atom is 0.224 e. The van der Waals surface area contributed by atoms with E-state index < -0.39 is 11.6 Å². The van der Waals surface area contributed by atoms with Crippen molar-refractivity contribution in [3.8, 4) is 0 Å². The Kier molecular flexibility index (Phi) is 5.60. The van der Waals surface area contributed by atoms with Crippen LogP contribution in [-0.2, 0) is 0 Å². The second kappa shape index (κ2) is 7.65. The molecule has 2 rings (SSSR count). The zero-order chi connectivity index (χ0) is 15.9.